The molecule has 0 spiro atoms. The fraction of sp³-hybridized carbons (Fsp3) is 0.400. The molecule has 0 amide bonds. The van der Waals surface area contributed by atoms with Gasteiger partial charge in [-0.25, -0.2) is 8.78 Å². The number of esters is 1. The first-order valence-corrected chi connectivity index (χ1v) is 6.20. The quantitative estimate of drug-likeness (QED) is 0.461. The summed E-state index contributed by atoms with van der Waals surface area (Å²) in [6, 6.07) is 1.58. The Morgan fingerprint density at radius 1 is 1.65 bits per heavy atom. The van der Waals surface area contributed by atoms with E-state index in [0.29, 0.717) is 9.26 Å². The zero-order valence-corrected chi connectivity index (χ0v) is 11.8. The van der Waals surface area contributed by atoms with Crippen molar-refractivity contribution in [1.82, 2.24) is 4.98 Å². The minimum Gasteiger partial charge on any atom is -0.469 e. The van der Waals surface area contributed by atoms with Crippen LogP contribution in [0.15, 0.2) is 6.07 Å². The van der Waals surface area contributed by atoms with Crippen molar-refractivity contribution in [3.05, 3.63) is 26.6 Å². The fourth-order valence-electron chi connectivity index (χ4n) is 1.25. The van der Waals surface area contributed by atoms with Gasteiger partial charge in [0, 0.05) is 9.13 Å². The molecule has 0 N–H and O–H groups in total. The number of carbonyl (C=O) groups is 1. The number of hydrogen-bond donors (Lipinski definition) is 0. The molecule has 0 aliphatic heterocycles. The summed E-state index contributed by atoms with van der Waals surface area (Å²) in [6.45, 7) is 0. The van der Waals surface area contributed by atoms with Crippen molar-refractivity contribution in [3.8, 4) is 0 Å². The Morgan fingerprint density at radius 2 is 2.29 bits per heavy atom. The van der Waals surface area contributed by atoms with Gasteiger partial charge in [0.25, 0.3) is 6.43 Å². The van der Waals surface area contributed by atoms with Crippen LogP contribution in [-0.2, 0) is 21.8 Å². The second-order valence-corrected chi connectivity index (χ2v) is 4.58. The second-order valence-electron chi connectivity index (χ2n) is 3.15. The summed E-state index contributed by atoms with van der Waals surface area (Å²) < 4.78 is 30.6. The topological polar surface area (TPSA) is 39.2 Å². The molecule has 1 aromatic rings. The average Bonchev–Trinajstić information content (AvgIpc) is 2.30. The molecule has 94 valence electrons. The van der Waals surface area contributed by atoms with Crippen molar-refractivity contribution in [2.75, 3.05) is 7.11 Å². The molecule has 0 saturated carbocycles. The zero-order valence-electron chi connectivity index (χ0n) is 8.84. The first kappa shape index (κ1) is 14.6. The molecule has 1 aromatic heterocycles. The smallest absolute Gasteiger partial charge is 0.310 e. The van der Waals surface area contributed by atoms with E-state index in [2.05, 4.69) is 9.72 Å². The molecule has 0 aromatic carbocycles. The average molecular weight is 376 g/mol. The van der Waals surface area contributed by atoms with Gasteiger partial charge in [0.1, 0.15) is 5.69 Å². The van der Waals surface area contributed by atoms with Gasteiger partial charge in [-0.3, -0.25) is 9.78 Å². The Bertz CT molecular complexity index is 429. The number of carbonyl (C=O) groups excluding carboxylic acids is 1. The molecular weight excluding hydrogens is 366 g/mol. The molecule has 0 radical (unpaired) electrons. The second kappa shape index (κ2) is 6.44. The van der Waals surface area contributed by atoms with Crippen molar-refractivity contribution in [1.29, 1.82) is 0 Å². The minimum absolute atomic E-state index is 0.0498. The lowest BCUT2D eigenvalue weighted by Crippen LogP contribution is -2.11. The molecule has 0 fully saturated rings. The maximum Gasteiger partial charge on any atom is 0.310 e. The van der Waals surface area contributed by atoms with E-state index in [0.717, 1.165) is 0 Å². The van der Waals surface area contributed by atoms with Crippen LogP contribution in [0.5, 0.6) is 0 Å². The van der Waals surface area contributed by atoms with Gasteiger partial charge in [0.2, 0.25) is 0 Å². The Labute approximate surface area is 116 Å². The van der Waals surface area contributed by atoms with Crippen molar-refractivity contribution in [2.45, 2.75) is 18.7 Å². The van der Waals surface area contributed by atoms with Gasteiger partial charge in [-0.05, 0) is 28.7 Å². The molecule has 0 aliphatic rings. The van der Waals surface area contributed by atoms with E-state index in [-0.39, 0.29) is 17.9 Å². The predicted molar refractivity (Wildman–Crippen MR) is 67.2 cm³/mol. The molecule has 1 heterocycles. The summed E-state index contributed by atoms with van der Waals surface area (Å²) in [5, 5.41) is 0. The summed E-state index contributed by atoms with van der Waals surface area (Å²) >= 11 is 7.44. The maximum atomic E-state index is 12.8. The van der Waals surface area contributed by atoms with Crippen LogP contribution in [0.2, 0.25) is 0 Å². The molecule has 0 saturated heterocycles. The third-order valence-corrected chi connectivity index (χ3v) is 3.28. The Kier molecular flexibility index (Phi) is 5.51. The lowest BCUT2D eigenvalue weighted by molar-refractivity contribution is -0.139. The van der Waals surface area contributed by atoms with Crippen LogP contribution in [0.4, 0.5) is 8.78 Å². The molecule has 0 atom stereocenters. The number of pyridine rings is 1. The molecule has 17 heavy (non-hydrogen) atoms. The lowest BCUT2D eigenvalue weighted by Gasteiger charge is -2.11. The number of ether oxygens (including phenoxy) is 1. The zero-order chi connectivity index (χ0) is 13.0. The van der Waals surface area contributed by atoms with Gasteiger partial charge in [-0.1, -0.05) is 0 Å². The first-order chi connectivity index (χ1) is 7.99. The first-order valence-electron chi connectivity index (χ1n) is 4.58. The van der Waals surface area contributed by atoms with E-state index in [1.807, 2.05) is 22.6 Å². The van der Waals surface area contributed by atoms with Crippen LogP contribution in [-0.4, -0.2) is 18.1 Å². The van der Waals surface area contributed by atoms with Crippen molar-refractivity contribution >= 4 is 40.2 Å². The molecule has 0 unspecified atom stereocenters. The third kappa shape index (κ3) is 3.74. The van der Waals surface area contributed by atoms with E-state index in [1.54, 1.807) is 6.07 Å². The van der Waals surface area contributed by atoms with E-state index in [4.69, 9.17) is 11.6 Å². The SMILES string of the molecule is COC(=O)Cc1c(I)cc(CCl)nc1C(F)F. The fourth-order valence-corrected chi connectivity index (χ4v) is 2.21. The number of aromatic nitrogens is 1. The Balaban J connectivity index is 3.21. The standard InChI is InChI=1S/C10H9ClF2INO2/c1-17-8(16)3-6-7(14)2-5(4-11)15-9(6)10(12)13/h2,10H,3-4H2,1H3. The van der Waals surface area contributed by atoms with Gasteiger partial charge in [0.05, 0.1) is 25.1 Å². The van der Waals surface area contributed by atoms with Gasteiger partial charge in [-0.15, -0.1) is 11.6 Å². The number of alkyl halides is 3. The number of hydrogen-bond acceptors (Lipinski definition) is 3. The van der Waals surface area contributed by atoms with Gasteiger partial charge < -0.3 is 4.74 Å². The molecule has 1 rings (SSSR count). The summed E-state index contributed by atoms with van der Waals surface area (Å²) in [6.07, 6.45) is -2.96. The molecule has 3 nitrogen and oxygen atoms in total. The van der Waals surface area contributed by atoms with Crippen LogP contribution in [0, 0.1) is 3.57 Å². The number of methoxy groups -OCH3 is 1. The van der Waals surface area contributed by atoms with Crippen molar-refractivity contribution in [2.24, 2.45) is 0 Å². The van der Waals surface area contributed by atoms with Crippen LogP contribution in [0.25, 0.3) is 0 Å². The Morgan fingerprint density at radius 3 is 2.76 bits per heavy atom. The van der Waals surface area contributed by atoms with Crippen LogP contribution < -0.4 is 0 Å². The maximum absolute atomic E-state index is 12.8. The van der Waals surface area contributed by atoms with Crippen molar-refractivity contribution < 1.29 is 18.3 Å². The van der Waals surface area contributed by atoms with Gasteiger partial charge in [-0.2, -0.15) is 0 Å². The number of nitrogens with zero attached hydrogens (tertiary/aromatic N) is 1. The number of rotatable bonds is 4. The summed E-state index contributed by atoms with van der Waals surface area (Å²) in [7, 11) is 1.21. The minimum atomic E-state index is -2.74. The molecule has 7 heteroatoms. The van der Waals surface area contributed by atoms with Crippen molar-refractivity contribution in [3.63, 3.8) is 0 Å². The van der Waals surface area contributed by atoms with Crippen LogP contribution >= 0.6 is 34.2 Å². The third-order valence-electron chi connectivity index (χ3n) is 2.05. The highest BCUT2D eigenvalue weighted by atomic mass is 127. The summed E-state index contributed by atoms with van der Waals surface area (Å²) in [5.41, 5.74) is 0.152. The van der Waals surface area contributed by atoms with E-state index in [9.17, 15) is 13.6 Å². The number of halogens is 4. The highest BCUT2D eigenvalue weighted by Crippen LogP contribution is 2.26. The predicted octanol–water partition coefficient (Wildman–Crippen LogP) is 3.08. The summed E-state index contributed by atoms with van der Waals surface area (Å²) in [5.74, 6) is -0.529. The summed E-state index contributed by atoms with van der Waals surface area (Å²) in [4.78, 5) is 14.9. The van der Waals surface area contributed by atoms with Gasteiger partial charge in [0.15, 0.2) is 0 Å². The normalized spacial score (nSPS) is 10.7. The highest BCUT2D eigenvalue weighted by Gasteiger charge is 2.21. The monoisotopic (exact) mass is 375 g/mol. The van der Waals surface area contributed by atoms with Crippen LogP contribution in [0.1, 0.15) is 23.4 Å². The molecule has 0 aliphatic carbocycles. The highest BCUT2D eigenvalue weighted by molar-refractivity contribution is 14.1. The van der Waals surface area contributed by atoms with Crippen LogP contribution in [0.3, 0.4) is 0 Å². The Hall–Kier alpha value is -0.500. The van der Waals surface area contributed by atoms with Gasteiger partial charge >= 0.3 is 5.97 Å². The lowest BCUT2D eigenvalue weighted by atomic mass is 10.1. The molecular formula is C10H9ClF2INO2. The van der Waals surface area contributed by atoms with E-state index >= 15 is 0 Å². The molecule has 0 bridgehead atoms. The van der Waals surface area contributed by atoms with E-state index < -0.39 is 18.1 Å². The largest absolute Gasteiger partial charge is 0.469 e. The van der Waals surface area contributed by atoms with E-state index in [1.165, 1.54) is 7.11 Å².